The number of carboxylic acids is 1. The molecule has 25 heavy (non-hydrogen) atoms. The molecule has 2 heterocycles. The van der Waals surface area contributed by atoms with Gasteiger partial charge in [-0.15, -0.1) is 0 Å². The molecule has 1 aliphatic heterocycles. The molecule has 0 radical (unpaired) electrons. The molecule has 1 saturated heterocycles. The van der Waals surface area contributed by atoms with Crippen LogP contribution in [0.15, 0.2) is 34.9 Å². The molecule has 1 aliphatic rings. The Morgan fingerprint density at radius 3 is 2.52 bits per heavy atom. The van der Waals surface area contributed by atoms with Crippen molar-refractivity contribution >= 4 is 11.9 Å². The molecule has 1 aromatic heterocycles. The van der Waals surface area contributed by atoms with E-state index in [9.17, 15) is 9.59 Å². The van der Waals surface area contributed by atoms with Crippen molar-refractivity contribution in [2.75, 3.05) is 20.2 Å². The number of likely N-dealkylation sites (tertiary alicyclic amines) is 1. The predicted octanol–water partition coefficient (Wildman–Crippen LogP) is 2.33. The van der Waals surface area contributed by atoms with Gasteiger partial charge in [-0.1, -0.05) is 17.3 Å². The quantitative estimate of drug-likeness (QED) is 0.895. The van der Waals surface area contributed by atoms with Gasteiger partial charge in [-0.3, -0.25) is 4.79 Å². The van der Waals surface area contributed by atoms with Crippen molar-refractivity contribution in [1.82, 2.24) is 10.1 Å². The lowest BCUT2D eigenvalue weighted by Crippen LogP contribution is -2.38. The summed E-state index contributed by atoms with van der Waals surface area (Å²) in [6.07, 6.45) is 1.86. The smallest absolute Gasteiger partial charge is 0.374 e. The number of carbonyl (C=O) groups is 2. The third kappa shape index (κ3) is 3.99. The first-order valence-electron chi connectivity index (χ1n) is 8.17. The fourth-order valence-corrected chi connectivity index (χ4v) is 3.04. The molecular formula is C18H20N2O5. The summed E-state index contributed by atoms with van der Waals surface area (Å²) in [6, 6.07) is 8.96. The van der Waals surface area contributed by atoms with Crippen LogP contribution >= 0.6 is 0 Å². The summed E-state index contributed by atoms with van der Waals surface area (Å²) in [5.74, 6) is -0.277. The first kappa shape index (κ1) is 17.0. The molecule has 132 valence electrons. The highest BCUT2D eigenvalue weighted by molar-refractivity contribution is 5.84. The molecule has 0 saturated carbocycles. The summed E-state index contributed by atoms with van der Waals surface area (Å²) in [4.78, 5) is 25.1. The molecule has 1 fully saturated rings. The molecule has 0 bridgehead atoms. The van der Waals surface area contributed by atoms with Gasteiger partial charge in [0.25, 0.3) is 0 Å². The van der Waals surface area contributed by atoms with Crippen molar-refractivity contribution in [2.45, 2.75) is 25.2 Å². The van der Waals surface area contributed by atoms with Gasteiger partial charge in [-0.25, -0.2) is 4.79 Å². The standard InChI is InChI=1S/C18H20N2O5/c1-24-14-4-2-12(3-5-14)10-17(21)20-8-6-13(7-9-20)15-11-16(18(22)23)25-19-15/h2-5,11,13H,6-10H2,1H3,(H,22,23). The van der Waals surface area contributed by atoms with E-state index in [2.05, 4.69) is 5.16 Å². The Morgan fingerprint density at radius 1 is 1.28 bits per heavy atom. The number of rotatable bonds is 5. The molecule has 1 aromatic carbocycles. The maximum Gasteiger partial charge on any atom is 0.374 e. The molecule has 7 heteroatoms. The van der Waals surface area contributed by atoms with Crippen LogP contribution in [0.25, 0.3) is 0 Å². The lowest BCUT2D eigenvalue weighted by Gasteiger charge is -2.31. The summed E-state index contributed by atoms with van der Waals surface area (Å²) in [7, 11) is 1.61. The number of amides is 1. The first-order valence-corrected chi connectivity index (χ1v) is 8.17. The van der Waals surface area contributed by atoms with E-state index in [1.807, 2.05) is 29.2 Å². The minimum atomic E-state index is -1.12. The minimum absolute atomic E-state index is 0.0926. The van der Waals surface area contributed by atoms with E-state index in [0.29, 0.717) is 25.2 Å². The van der Waals surface area contributed by atoms with Gasteiger partial charge >= 0.3 is 5.97 Å². The summed E-state index contributed by atoms with van der Waals surface area (Å²) < 4.78 is 9.93. The van der Waals surface area contributed by atoms with Gasteiger partial charge in [0.05, 0.1) is 19.2 Å². The first-order chi connectivity index (χ1) is 12.1. The number of ether oxygens (including phenoxy) is 1. The summed E-state index contributed by atoms with van der Waals surface area (Å²) in [6.45, 7) is 1.27. The number of piperidine rings is 1. The van der Waals surface area contributed by atoms with Crippen molar-refractivity contribution in [3.63, 3.8) is 0 Å². The normalized spacial score (nSPS) is 15.2. The van der Waals surface area contributed by atoms with Crippen molar-refractivity contribution in [2.24, 2.45) is 0 Å². The van der Waals surface area contributed by atoms with Crippen molar-refractivity contribution < 1.29 is 24.0 Å². The summed E-state index contributed by atoms with van der Waals surface area (Å²) in [5, 5.41) is 12.7. The summed E-state index contributed by atoms with van der Waals surface area (Å²) >= 11 is 0. The number of nitrogens with zero attached hydrogens (tertiary/aromatic N) is 2. The van der Waals surface area contributed by atoms with Crippen LogP contribution in [-0.2, 0) is 11.2 Å². The van der Waals surface area contributed by atoms with Gasteiger partial charge in [0, 0.05) is 25.1 Å². The largest absolute Gasteiger partial charge is 0.497 e. The maximum atomic E-state index is 12.4. The van der Waals surface area contributed by atoms with Gasteiger partial charge in [0.2, 0.25) is 11.7 Å². The second-order valence-electron chi connectivity index (χ2n) is 6.10. The molecule has 1 amide bonds. The van der Waals surface area contributed by atoms with Gasteiger partial charge in [0.1, 0.15) is 5.75 Å². The van der Waals surface area contributed by atoms with Crippen LogP contribution in [0.5, 0.6) is 5.75 Å². The SMILES string of the molecule is COc1ccc(CC(=O)N2CCC(c3cc(C(=O)O)on3)CC2)cc1. The molecule has 2 aromatic rings. The number of aromatic carboxylic acids is 1. The Hall–Kier alpha value is -2.83. The van der Waals surface area contributed by atoms with Crippen LogP contribution in [-0.4, -0.2) is 47.2 Å². The highest BCUT2D eigenvalue weighted by Gasteiger charge is 2.26. The van der Waals surface area contributed by atoms with E-state index in [0.717, 1.165) is 24.2 Å². The van der Waals surface area contributed by atoms with Crippen LogP contribution in [0.3, 0.4) is 0 Å². The number of hydrogen-bond donors (Lipinski definition) is 1. The Labute approximate surface area is 145 Å². The van der Waals surface area contributed by atoms with E-state index in [4.69, 9.17) is 14.4 Å². The monoisotopic (exact) mass is 344 g/mol. The third-order valence-electron chi connectivity index (χ3n) is 4.52. The van der Waals surface area contributed by atoms with Crippen LogP contribution in [0, 0.1) is 0 Å². The predicted molar refractivity (Wildman–Crippen MR) is 88.7 cm³/mol. The van der Waals surface area contributed by atoms with E-state index in [1.165, 1.54) is 6.07 Å². The Morgan fingerprint density at radius 2 is 1.96 bits per heavy atom. The van der Waals surface area contributed by atoms with E-state index < -0.39 is 5.97 Å². The van der Waals surface area contributed by atoms with E-state index >= 15 is 0 Å². The molecule has 3 rings (SSSR count). The molecule has 0 aliphatic carbocycles. The van der Waals surface area contributed by atoms with Gasteiger partial charge in [-0.05, 0) is 30.5 Å². The number of carboxylic acid groups (broad SMARTS) is 1. The van der Waals surface area contributed by atoms with Gasteiger partial charge in [-0.2, -0.15) is 0 Å². The second-order valence-corrected chi connectivity index (χ2v) is 6.10. The Bertz CT molecular complexity index is 745. The average molecular weight is 344 g/mol. The van der Waals surface area contributed by atoms with E-state index in [1.54, 1.807) is 7.11 Å². The van der Waals surface area contributed by atoms with Crippen LogP contribution < -0.4 is 4.74 Å². The number of benzene rings is 1. The zero-order chi connectivity index (χ0) is 17.8. The number of methoxy groups -OCH3 is 1. The number of aromatic nitrogens is 1. The minimum Gasteiger partial charge on any atom is -0.497 e. The molecular weight excluding hydrogens is 324 g/mol. The van der Waals surface area contributed by atoms with Crippen molar-refractivity contribution in [3.05, 3.63) is 47.3 Å². The highest BCUT2D eigenvalue weighted by Crippen LogP contribution is 2.28. The number of hydrogen-bond acceptors (Lipinski definition) is 5. The van der Waals surface area contributed by atoms with Crippen LogP contribution in [0.4, 0.5) is 0 Å². The van der Waals surface area contributed by atoms with Gasteiger partial charge < -0.3 is 19.3 Å². The van der Waals surface area contributed by atoms with E-state index in [-0.39, 0.29) is 17.6 Å². The van der Waals surface area contributed by atoms with Crippen molar-refractivity contribution in [3.8, 4) is 5.75 Å². The zero-order valence-corrected chi connectivity index (χ0v) is 14.0. The molecule has 7 nitrogen and oxygen atoms in total. The molecule has 1 N–H and O–H groups in total. The Kier molecular flexibility index (Phi) is 5.02. The molecule has 0 spiro atoms. The van der Waals surface area contributed by atoms with Crippen LogP contribution in [0.1, 0.15) is 40.6 Å². The lowest BCUT2D eigenvalue weighted by atomic mass is 9.93. The highest BCUT2D eigenvalue weighted by atomic mass is 16.5. The van der Waals surface area contributed by atoms with Gasteiger partial charge in [0.15, 0.2) is 0 Å². The lowest BCUT2D eigenvalue weighted by molar-refractivity contribution is -0.131. The Balaban J connectivity index is 1.53. The maximum absolute atomic E-state index is 12.4. The molecule has 0 unspecified atom stereocenters. The van der Waals surface area contributed by atoms with Crippen LogP contribution in [0.2, 0.25) is 0 Å². The fourth-order valence-electron chi connectivity index (χ4n) is 3.04. The fraction of sp³-hybridized carbons (Fsp3) is 0.389. The zero-order valence-electron chi connectivity index (χ0n) is 14.0. The topological polar surface area (TPSA) is 92.9 Å². The van der Waals surface area contributed by atoms with Crippen molar-refractivity contribution in [1.29, 1.82) is 0 Å². The number of carbonyl (C=O) groups excluding carboxylic acids is 1. The average Bonchev–Trinajstić information content (AvgIpc) is 3.13. The second kappa shape index (κ2) is 7.38. The molecule has 0 atom stereocenters. The third-order valence-corrected chi connectivity index (χ3v) is 4.52. The summed E-state index contributed by atoms with van der Waals surface area (Å²) in [5.41, 5.74) is 1.61.